The van der Waals surface area contributed by atoms with Crippen LogP contribution in [0, 0.1) is 0 Å². The van der Waals surface area contributed by atoms with Gasteiger partial charge in [0.05, 0.1) is 0 Å². The molecule has 0 rings (SSSR count). The third-order valence-electron chi connectivity index (χ3n) is 4.91. The Balaban J connectivity index is 3.10. The number of unbranched alkanes of at least 4 members (excludes halogenated alkanes) is 14. The van der Waals surface area contributed by atoms with Gasteiger partial charge in [-0.1, -0.05) is 96.8 Å². The van der Waals surface area contributed by atoms with Crippen LogP contribution in [-0.4, -0.2) is 44.7 Å². The third-order valence-corrected chi connectivity index (χ3v) is 4.91. The van der Waals surface area contributed by atoms with Crippen molar-refractivity contribution in [3.8, 4) is 0 Å². The average Bonchev–Trinajstić information content (AvgIpc) is 2.61. The molecular weight excluding hydrogens is 322 g/mol. The van der Waals surface area contributed by atoms with Crippen molar-refractivity contribution >= 4 is 6.03 Å². The summed E-state index contributed by atoms with van der Waals surface area (Å²) >= 11 is 0. The maximum atomic E-state index is 11.5. The van der Waals surface area contributed by atoms with Crippen molar-refractivity contribution in [2.24, 2.45) is 0 Å². The Bertz CT molecular complexity index is 295. The second kappa shape index (κ2) is 20.5. The van der Waals surface area contributed by atoms with Crippen LogP contribution in [0.5, 0.6) is 0 Å². The van der Waals surface area contributed by atoms with E-state index in [-0.39, 0.29) is 6.03 Å². The van der Waals surface area contributed by atoms with Crippen LogP contribution in [0.25, 0.3) is 0 Å². The summed E-state index contributed by atoms with van der Waals surface area (Å²) < 4.78 is 0. The minimum absolute atomic E-state index is 0.0304. The Labute approximate surface area is 163 Å². The van der Waals surface area contributed by atoms with E-state index in [0.29, 0.717) is 6.54 Å². The molecule has 0 radical (unpaired) electrons. The smallest absolute Gasteiger partial charge is 0.314 e. The predicted molar refractivity (Wildman–Crippen MR) is 115 cm³/mol. The summed E-state index contributed by atoms with van der Waals surface area (Å²) in [7, 11) is 4.02. The molecule has 0 heterocycles. The van der Waals surface area contributed by atoms with E-state index >= 15 is 0 Å². The first kappa shape index (κ1) is 25.2. The van der Waals surface area contributed by atoms with E-state index in [0.717, 1.165) is 19.5 Å². The molecule has 0 aromatic heterocycles. The molecule has 0 aromatic carbocycles. The number of amides is 2. The van der Waals surface area contributed by atoms with Crippen LogP contribution in [0.15, 0.2) is 0 Å². The molecule has 0 fully saturated rings. The summed E-state index contributed by atoms with van der Waals surface area (Å²) in [5.74, 6) is 0. The van der Waals surface area contributed by atoms with Gasteiger partial charge >= 0.3 is 6.03 Å². The van der Waals surface area contributed by atoms with Crippen LogP contribution < -0.4 is 10.6 Å². The zero-order chi connectivity index (χ0) is 19.3. The van der Waals surface area contributed by atoms with Crippen LogP contribution in [0.4, 0.5) is 4.79 Å². The molecule has 4 heteroatoms. The van der Waals surface area contributed by atoms with Gasteiger partial charge in [-0.2, -0.15) is 0 Å². The highest BCUT2D eigenvalue weighted by atomic mass is 16.2. The Morgan fingerprint density at radius 3 is 1.42 bits per heavy atom. The molecule has 0 aliphatic heterocycles. The number of hydrogen-bond donors (Lipinski definition) is 2. The summed E-state index contributed by atoms with van der Waals surface area (Å²) in [5.41, 5.74) is 0. The van der Waals surface area contributed by atoms with Gasteiger partial charge in [0.25, 0.3) is 0 Å². The molecule has 26 heavy (non-hydrogen) atoms. The fourth-order valence-corrected chi connectivity index (χ4v) is 3.15. The first-order chi connectivity index (χ1) is 12.7. The molecule has 4 nitrogen and oxygen atoms in total. The lowest BCUT2D eigenvalue weighted by Gasteiger charge is -2.11. The summed E-state index contributed by atoms with van der Waals surface area (Å²) in [4.78, 5) is 13.6. The van der Waals surface area contributed by atoms with E-state index in [1.54, 1.807) is 0 Å². The first-order valence-electron chi connectivity index (χ1n) is 11.3. The fourth-order valence-electron chi connectivity index (χ4n) is 3.15. The maximum Gasteiger partial charge on any atom is 0.314 e. The van der Waals surface area contributed by atoms with Gasteiger partial charge < -0.3 is 15.5 Å². The minimum Gasteiger partial charge on any atom is -0.338 e. The van der Waals surface area contributed by atoms with E-state index < -0.39 is 0 Å². The van der Waals surface area contributed by atoms with E-state index in [1.165, 1.54) is 89.9 Å². The Morgan fingerprint density at radius 2 is 1.00 bits per heavy atom. The van der Waals surface area contributed by atoms with Crippen molar-refractivity contribution in [3.63, 3.8) is 0 Å². The molecule has 0 spiro atoms. The number of carbonyl (C=O) groups is 1. The van der Waals surface area contributed by atoms with E-state index in [2.05, 4.69) is 22.5 Å². The van der Waals surface area contributed by atoms with Crippen molar-refractivity contribution in [2.45, 2.75) is 103 Å². The van der Waals surface area contributed by atoms with E-state index in [4.69, 9.17) is 0 Å². The topological polar surface area (TPSA) is 44.4 Å². The van der Waals surface area contributed by atoms with E-state index in [1.807, 2.05) is 14.1 Å². The van der Waals surface area contributed by atoms with Crippen molar-refractivity contribution < 1.29 is 4.79 Å². The number of hydrogen-bond acceptors (Lipinski definition) is 2. The molecule has 0 saturated heterocycles. The predicted octanol–water partition coefficient (Wildman–Crippen LogP) is 5.72. The van der Waals surface area contributed by atoms with Gasteiger partial charge in [-0.3, -0.25) is 0 Å². The van der Waals surface area contributed by atoms with Gasteiger partial charge in [0.1, 0.15) is 0 Å². The highest BCUT2D eigenvalue weighted by Gasteiger charge is 1.99. The van der Waals surface area contributed by atoms with Crippen LogP contribution in [0.1, 0.15) is 103 Å². The lowest BCUT2D eigenvalue weighted by molar-refractivity contribution is 0.239. The largest absolute Gasteiger partial charge is 0.338 e. The summed E-state index contributed by atoms with van der Waals surface area (Å²) in [6, 6.07) is -0.0304. The number of carbonyl (C=O) groups excluding carboxylic acids is 1. The van der Waals surface area contributed by atoms with E-state index in [9.17, 15) is 4.79 Å². The zero-order valence-electron chi connectivity index (χ0n) is 18.1. The minimum atomic E-state index is -0.0304. The fraction of sp³-hybridized carbons (Fsp3) is 0.955. The van der Waals surface area contributed by atoms with Crippen molar-refractivity contribution in [1.82, 2.24) is 15.5 Å². The van der Waals surface area contributed by atoms with Gasteiger partial charge in [-0.25, -0.2) is 4.79 Å². The SMILES string of the molecule is CCCCCCCCCCCCCCCCCNC(=O)NCCN(C)C. The van der Waals surface area contributed by atoms with Crippen molar-refractivity contribution in [3.05, 3.63) is 0 Å². The van der Waals surface area contributed by atoms with Gasteiger partial charge in [-0.15, -0.1) is 0 Å². The van der Waals surface area contributed by atoms with Gasteiger partial charge in [0.15, 0.2) is 0 Å². The van der Waals surface area contributed by atoms with Crippen LogP contribution in [-0.2, 0) is 0 Å². The normalized spacial score (nSPS) is 11.1. The van der Waals surface area contributed by atoms with Crippen molar-refractivity contribution in [1.29, 1.82) is 0 Å². The molecule has 156 valence electrons. The van der Waals surface area contributed by atoms with Crippen LogP contribution >= 0.6 is 0 Å². The Hall–Kier alpha value is -0.770. The van der Waals surface area contributed by atoms with Gasteiger partial charge in [-0.05, 0) is 20.5 Å². The van der Waals surface area contributed by atoms with Crippen molar-refractivity contribution in [2.75, 3.05) is 33.7 Å². The highest BCUT2D eigenvalue weighted by molar-refractivity contribution is 5.73. The molecule has 0 bridgehead atoms. The Morgan fingerprint density at radius 1 is 0.615 bits per heavy atom. The molecule has 0 saturated carbocycles. The van der Waals surface area contributed by atoms with Crippen LogP contribution in [0.2, 0.25) is 0 Å². The van der Waals surface area contributed by atoms with Crippen LogP contribution in [0.3, 0.4) is 0 Å². The molecule has 0 atom stereocenters. The summed E-state index contributed by atoms with van der Waals surface area (Å²) in [5, 5.41) is 5.81. The second-order valence-electron chi connectivity index (χ2n) is 7.94. The second-order valence-corrected chi connectivity index (χ2v) is 7.94. The third kappa shape index (κ3) is 21.3. The summed E-state index contributed by atoms with van der Waals surface area (Å²) in [6.45, 7) is 4.67. The molecule has 0 unspecified atom stereocenters. The maximum absolute atomic E-state index is 11.5. The standard InChI is InChI=1S/C22H47N3O/c1-4-5-6-7-8-9-10-11-12-13-14-15-16-17-18-19-23-22(26)24-20-21-25(2)3/h4-21H2,1-3H3,(H2,23,24,26). The highest BCUT2D eigenvalue weighted by Crippen LogP contribution is 2.13. The molecule has 0 aliphatic carbocycles. The molecular formula is C22H47N3O. The number of nitrogens with zero attached hydrogens (tertiary/aromatic N) is 1. The molecule has 0 aromatic rings. The lowest BCUT2D eigenvalue weighted by atomic mass is 10.0. The number of likely N-dealkylation sites (N-methyl/N-ethyl adjacent to an activating group) is 1. The lowest BCUT2D eigenvalue weighted by Crippen LogP contribution is -2.39. The molecule has 0 aliphatic rings. The Kier molecular flexibility index (Phi) is 19.9. The average molecular weight is 370 g/mol. The quantitative estimate of drug-likeness (QED) is 0.286. The monoisotopic (exact) mass is 369 g/mol. The number of nitrogens with one attached hydrogen (secondary N) is 2. The van der Waals surface area contributed by atoms with Gasteiger partial charge in [0.2, 0.25) is 0 Å². The summed E-state index contributed by atoms with van der Waals surface area (Å²) in [6.07, 6.45) is 20.6. The molecule has 2 amide bonds. The zero-order valence-corrected chi connectivity index (χ0v) is 18.1. The molecule has 2 N–H and O–H groups in total. The number of rotatable bonds is 19. The number of urea groups is 1. The first-order valence-corrected chi connectivity index (χ1v) is 11.3. The van der Waals surface area contributed by atoms with Gasteiger partial charge in [0, 0.05) is 19.6 Å².